The molecule has 158 valence electrons. The van der Waals surface area contributed by atoms with Crippen molar-refractivity contribution in [2.75, 3.05) is 13.1 Å². The highest BCUT2D eigenvalue weighted by Crippen LogP contribution is 2.64. The van der Waals surface area contributed by atoms with Crippen LogP contribution in [0.15, 0.2) is 38.1 Å². The Balaban J connectivity index is 1.29. The first-order valence-electron chi connectivity index (χ1n) is 9.82. The Hall–Kier alpha value is -2.59. The molecule has 0 radical (unpaired) electrons. The molecule has 0 N–H and O–H groups in total. The predicted octanol–water partition coefficient (Wildman–Crippen LogP) is 3.44. The molecule has 8 nitrogen and oxygen atoms in total. The van der Waals surface area contributed by atoms with Crippen LogP contribution in [0.4, 0.5) is 4.39 Å². The quantitative estimate of drug-likeness (QED) is 0.622. The fourth-order valence-electron chi connectivity index (χ4n) is 4.51. The monoisotopic (exact) mass is 432 g/mol. The SMILES string of the molecule is Cc1noc(C)c1S(=O)(=O)N1CCC2(CC1)CC2c1nnc(-c2cccc(F)c2)o1. The molecule has 5 rings (SSSR count). The number of aryl methyl sites for hydroxylation is 2. The molecule has 3 aromatic rings. The van der Waals surface area contributed by atoms with E-state index in [-0.39, 0.29) is 22.0 Å². The van der Waals surface area contributed by atoms with E-state index in [4.69, 9.17) is 8.94 Å². The van der Waals surface area contributed by atoms with Crippen molar-refractivity contribution < 1.29 is 21.7 Å². The van der Waals surface area contributed by atoms with Crippen molar-refractivity contribution in [1.82, 2.24) is 19.7 Å². The zero-order valence-electron chi connectivity index (χ0n) is 16.6. The van der Waals surface area contributed by atoms with E-state index in [1.807, 2.05) is 0 Å². The fourth-order valence-corrected chi connectivity index (χ4v) is 6.24. The topological polar surface area (TPSA) is 102 Å². The number of hydrogen-bond donors (Lipinski definition) is 0. The van der Waals surface area contributed by atoms with Gasteiger partial charge in [-0.15, -0.1) is 10.2 Å². The minimum atomic E-state index is -3.63. The maximum atomic E-state index is 13.4. The van der Waals surface area contributed by atoms with Crippen LogP contribution in [0.3, 0.4) is 0 Å². The van der Waals surface area contributed by atoms with E-state index in [0.717, 1.165) is 19.3 Å². The minimum Gasteiger partial charge on any atom is -0.420 e. The standard InChI is InChI=1S/C20H21FN4O4S/c1-12-17(13(2)29-24-12)30(26,27)25-8-6-20(7-9-25)11-16(20)19-23-22-18(28-19)14-4-3-5-15(21)10-14/h3-5,10,16H,6-9,11H2,1-2H3. The highest BCUT2D eigenvalue weighted by atomic mass is 32.2. The van der Waals surface area contributed by atoms with Crippen LogP contribution in [0.2, 0.25) is 0 Å². The van der Waals surface area contributed by atoms with E-state index in [2.05, 4.69) is 15.4 Å². The molecule has 30 heavy (non-hydrogen) atoms. The van der Waals surface area contributed by atoms with E-state index in [1.54, 1.807) is 26.0 Å². The number of nitrogens with zero attached hydrogens (tertiary/aromatic N) is 4. The molecule has 2 aromatic heterocycles. The van der Waals surface area contributed by atoms with Crippen LogP contribution in [-0.2, 0) is 10.0 Å². The highest BCUT2D eigenvalue weighted by Gasteiger charge is 2.59. The molecule has 1 saturated heterocycles. The Bertz CT molecular complexity index is 1190. The van der Waals surface area contributed by atoms with Gasteiger partial charge in [0.1, 0.15) is 16.4 Å². The van der Waals surface area contributed by atoms with Crippen LogP contribution in [0, 0.1) is 25.1 Å². The Morgan fingerprint density at radius 3 is 2.63 bits per heavy atom. The first-order valence-corrected chi connectivity index (χ1v) is 11.3. The van der Waals surface area contributed by atoms with Crippen LogP contribution < -0.4 is 0 Å². The number of benzene rings is 1. The molecular weight excluding hydrogens is 411 g/mol. The van der Waals surface area contributed by atoms with Gasteiger partial charge in [0.25, 0.3) is 0 Å². The molecule has 1 atom stereocenters. The van der Waals surface area contributed by atoms with Crippen molar-refractivity contribution in [3.8, 4) is 11.5 Å². The van der Waals surface area contributed by atoms with Crippen molar-refractivity contribution in [1.29, 1.82) is 0 Å². The summed E-state index contributed by atoms with van der Waals surface area (Å²) in [4.78, 5) is 0.169. The van der Waals surface area contributed by atoms with E-state index in [9.17, 15) is 12.8 Å². The Morgan fingerprint density at radius 2 is 1.97 bits per heavy atom. The third-order valence-electron chi connectivity index (χ3n) is 6.28. The molecule has 2 fully saturated rings. The molecule has 0 bridgehead atoms. The van der Waals surface area contributed by atoms with Crippen molar-refractivity contribution >= 4 is 10.0 Å². The Labute approximate surface area is 173 Å². The first kappa shape index (κ1) is 19.4. The van der Waals surface area contributed by atoms with Gasteiger partial charge in [0.15, 0.2) is 5.76 Å². The van der Waals surface area contributed by atoms with Gasteiger partial charge in [-0.1, -0.05) is 11.2 Å². The summed E-state index contributed by atoms with van der Waals surface area (Å²) in [6, 6.07) is 6.04. The summed E-state index contributed by atoms with van der Waals surface area (Å²) >= 11 is 0. The number of rotatable bonds is 4. The Morgan fingerprint density at radius 1 is 1.20 bits per heavy atom. The number of aromatic nitrogens is 3. The number of halogens is 1. The summed E-state index contributed by atoms with van der Waals surface area (Å²) in [5, 5.41) is 12.0. The van der Waals surface area contributed by atoms with Crippen molar-refractivity contribution in [3.05, 3.63) is 47.4 Å². The maximum Gasteiger partial charge on any atom is 0.248 e. The maximum absolute atomic E-state index is 13.4. The van der Waals surface area contributed by atoms with Crippen LogP contribution in [0.1, 0.15) is 42.5 Å². The average Bonchev–Trinajstić information content (AvgIpc) is 3.04. The second kappa shape index (κ2) is 6.71. The van der Waals surface area contributed by atoms with Gasteiger partial charge in [-0.3, -0.25) is 0 Å². The van der Waals surface area contributed by atoms with E-state index in [1.165, 1.54) is 16.4 Å². The number of sulfonamides is 1. The van der Waals surface area contributed by atoms with Crippen molar-refractivity contribution in [2.45, 2.75) is 43.9 Å². The minimum absolute atomic E-state index is 0.0174. The normalized spacial score (nSPS) is 21.2. The lowest BCUT2D eigenvalue weighted by molar-refractivity contribution is 0.246. The largest absolute Gasteiger partial charge is 0.420 e. The summed E-state index contributed by atoms with van der Waals surface area (Å²) in [5.41, 5.74) is 0.910. The van der Waals surface area contributed by atoms with Gasteiger partial charge in [0.05, 0.1) is 0 Å². The third-order valence-corrected chi connectivity index (χ3v) is 8.43. The fraction of sp³-hybridized carbons (Fsp3) is 0.450. The van der Waals surface area contributed by atoms with Gasteiger partial charge < -0.3 is 8.94 Å². The molecule has 3 heterocycles. The van der Waals surface area contributed by atoms with Crippen LogP contribution >= 0.6 is 0 Å². The van der Waals surface area contributed by atoms with E-state index >= 15 is 0 Å². The molecular formula is C20H21FN4O4S. The van der Waals surface area contributed by atoms with Gasteiger partial charge in [-0.25, -0.2) is 12.8 Å². The van der Waals surface area contributed by atoms with Crippen molar-refractivity contribution in [3.63, 3.8) is 0 Å². The Kier molecular flexibility index (Phi) is 4.33. The number of hydrogen-bond acceptors (Lipinski definition) is 7. The van der Waals surface area contributed by atoms with E-state index < -0.39 is 10.0 Å². The molecule has 1 aromatic carbocycles. The highest BCUT2D eigenvalue weighted by molar-refractivity contribution is 7.89. The molecule has 0 amide bonds. The van der Waals surface area contributed by atoms with Crippen LogP contribution in [-0.4, -0.2) is 41.2 Å². The molecule has 1 unspecified atom stereocenters. The first-order chi connectivity index (χ1) is 14.3. The predicted molar refractivity (Wildman–Crippen MR) is 103 cm³/mol. The average molecular weight is 432 g/mol. The molecule has 1 spiro atoms. The molecule has 1 aliphatic heterocycles. The number of piperidine rings is 1. The zero-order chi connectivity index (χ0) is 21.1. The summed E-state index contributed by atoms with van der Waals surface area (Å²) in [6.07, 6.45) is 2.33. The van der Waals surface area contributed by atoms with Gasteiger partial charge in [0.2, 0.25) is 21.8 Å². The van der Waals surface area contributed by atoms with Gasteiger partial charge >= 0.3 is 0 Å². The third kappa shape index (κ3) is 3.05. The molecule has 1 saturated carbocycles. The summed E-state index contributed by atoms with van der Waals surface area (Å²) < 4.78 is 51.8. The second-order valence-corrected chi connectivity index (χ2v) is 10.0. The van der Waals surface area contributed by atoms with E-state index in [0.29, 0.717) is 41.9 Å². The summed E-state index contributed by atoms with van der Waals surface area (Å²) in [5.74, 6) is 0.896. The lowest BCUT2D eigenvalue weighted by Crippen LogP contribution is -2.39. The van der Waals surface area contributed by atoms with Crippen LogP contribution in [0.25, 0.3) is 11.5 Å². The second-order valence-electron chi connectivity index (χ2n) is 8.13. The molecule has 10 heteroatoms. The smallest absolute Gasteiger partial charge is 0.248 e. The van der Waals surface area contributed by atoms with Crippen molar-refractivity contribution in [2.24, 2.45) is 5.41 Å². The lowest BCUT2D eigenvalue weighted by Gasteiger charge is -2.31. The van der Waals surface area contributed by atoms with Gasteiger partial charge in [-0.2, -0.15) is 4.31 Å². The summed E-state index contributed by atoms with van der Waals surface area (Å²) in [6.45, 7) is 4.10. The van der Waals surface area contributed by atoms with Crippen LogP contribution in [0.5, 0.6) is 0 Å². The van der Waals surface area contributed by atoms with Gasteiger partial charge in [-0.05, 0) is 56.7 Å². The summed E-state index contributed by atoms with van der Waals surface area (Å²) in [7, 11) is -3.63. The molecule has 1 aliphatic carbocycles. The molecule has 2 aliphatic rings. The zero-order valence-corrected chi connectivity index (χ0v) is 17.4. The van der Waals surface area contributed by atoms with Gasteiger partial charge in [0, 0.05) is 24.6 Å². The lowest BCUT2D eigenvalue weighted by atomic mass is 9.92.